The summed E-state index contributed by atoms with van der Waals surface area (Å²) in [6.45, 7) is 6.92. The Balaban J connectivity index is 1.32. The topological polar surface area (TPSA) is 79.4 Å². The van der Waals surface area contributed by atoms with Crippen LogP contribution in [0.1, 0.15) is 22.3 Å². The molecule has 0 aromatic heterocycles. The number of hydrogen-bond acceptors (Lipinski definition) is 6. The highest BCUT2D eigenvalue weighted by Crippen LogP contribution is 2.41. The number of amides is 2. The van der Waals surface area contributed by atoms with E-state index in [1.165, 1.54) is 12.2 Å². The Morgan fingerprint density at radius 3 is 2.57 bits per heavy atom. The molecule has 2 amide bonds. The minimum atomic E-state index is -0.561. The van der Waals surface area contributed by atoms with Gasteiger partial charge in [-0.05, 0) is 48.9 Å². The van der Waals surface area contributed by atoms with Crippen molar-refractivity contribution in [2.75, 3.05) is 52.9 Å². The molecule has 1 aliphatic carbocycles. The molecule has 2 N–H and O–H groups in total. The van der Waals surface area contributed by atoms with Crippen molar-refractivity contribution in [3.05, 3.63) is 70.6 Å². The molecule has 9 heteroatoms. The summed E-state index contributed by atoms with van der Waals surface area (Å²) < 4.78 is 14.3. The zero-order chi connectivity index (χ0) is 24.5. The maximum absolute atomic E-state index is 14.3. The fourth-order valence-corrected chi connectivity index (χ4v) is 5.57. The Hall–Kier alpha value is -2.85. The van der Waals surface area contributed by atoms with Gasteiger partial charge in [0, 0.05) is 69.5 Å². The summed E-state index contributed by atoms with van der Waals surface area (Å²) in [5.41, 5.74) is 4.47. The maximum atomic E-state index is 14.3. The molecule has 1 aromatic carbocycles. The van der Waals surface area contributed by atoms with Crippen LogP contribution in [0, 0.1) is 0 Å². The van der Waals surface area contributed by atoms with Crippen molar-refractivity contribution in [3.8, 4) is 0 Å². The smallest absolute Gasteiger partial charge is 0.274 e. The van der Waals surface area contributed by atoms with E-state index in [9.17, 15) is 14.0 Å². The van der Waals surface area contributed by atoms with Gasteiger partial charge in [0.15, 0.2) is 0 Å². The number of allylic oxidation sites excluding steroid dienone is 2. The van der Waals surface area contributed by atoms with Crippen LogP contribution in [-0.4, -0.2) is 102 Å². The zero-order valence-electron chi connectivity index (χ0n) is 20.0. The molecule has 5 rings (SSSR count). The summed E-state index contributed by atoms with van der Waals surface area (Å²) in [5.74, 6) is -0.868. The van der Waals surface area contributed by atoms with Gasteiger partial charge in [0.2, 0.25) is 0 Å². The zero-order valence-corrected chi connectivity index (χ0v) is 20.0. The Bertz CT molecular complexity index is 1070. The number of nitrogens with one attached hydrogen (secondary N) is 1. The average molecular weight is 482 g/mol. The first-order valence-electron chi connectivity index (χ1n) is 12.2. The van der Waals surface area contributed by atoms with E-state index < -0.39 is 5.91 Å². The van der Waals surface area contributed by atoms with Crippen molar-refractivity contribution in [2.45, 2.75) is 25.0 Å². The number of piperidine rings is 1. The first-order valence-corrected chi connectivity index (χ1v) is 12.2. The highest BCUT2D eigenvalue weighted by Gasteiger charge is 2.46. The van der Waals surface area contributed by atoms with Crippen LogP contribution < -0.4 is 5.48 Å². The molecule has 4 aliphatic rings. The van der Waals surface area contributed by atoms with Gasteiger partial charge < -0.3 is 9.80 Å². The summed E-state index contributed by atoms with van der Waals surface area (Å²) in [7, 11) is 2.13. The molecule has 2 unspecified atom stereocenters. The summed E-state index contributed by atoms with van der Waals surface area (Å²) >= 11 is 0. The molecule has 2 fully saturated rings. The van der Waals surface area contributed by atoms with Gasteiger partial charge in [-0.3, -0.25) is 24.6 Å². The molecule has 1 aromatic rings. The first-order chi connectivity index (χ1) is 16.9. The van der Waals surface area contributed by atoms with E-state index in [4.69, 9.17) is 5.21 Å². The van der Waals surface area contributed by atoms with Crippen LogP contribution in [0.3, 0.4) is 0 Å². The molecule has 0 radical (unpaired) electrons. The lowest BCUT2D eigenvalue weighted by Gasteiger charge is -2.38. The van der Waals surface area contributed by atoms with Crippen LogP contribution in [0.4, 0.5) is 4.39 Å². The number of hydroxylamine groups is 1. The third kappa shape index (κ3) is 4.81. The molecule has 2 saturated heterocycles. The van der Waals surface area contributed by atoms with E-state index in [1.807, 2.05) is 23.1 Å². The van der Waals surface area contributed by atoms with Crippen LogP contribution in [-0.2, 0) is 11.3 Å². The number of fused-ring (bicyclic) bond motifs is 2. The number of nitrogens with zero attached hydrogens (tertiary/aromatic N) is 4. The number of benzene rings is 1. The Labute approximate surface area is 204 Å². The molecular formula is C26H32FN5O3. The van der Waals surface area contributed by atoms with E-state index in [1.54, 1.807) is 17.6 Å². The van der Waals surface area contributed by atoms with Crippen LogP contribution >= 0.6 is 0 Å². The molecule has 0 spiro atoms. The van der Waals surface area contributed by atoms with Gasteiger partial charge in [-0.1, -0.05) is 18.2 Å². The number of rotatable bonds is 6. The third-order valence-corrected chi connectivity index (χ3v) is 7.61. The van der Waals surface area contributed by atoms with Crippen molar-refractivity contribution in [1.29, 1.82) is 0 Å². The second kappa shape index (κ2) is 10.0. The number of carbonyl (C=O) groups is 2. The van der Waals surface area contributed by atoms with Crippen LogP contribution in [0.25, 0.3) is 0 Å². The van der Waals surface area contributed by atoms with Crippen LogP contribution in [0.5, 0.6) is 0 Å². The van der Waals surface area contributed by atoms with Gasteiger partial charge in [0.1, 0.15) is 5.83 Å². The summed E-state index contributed by atoms with van der Waals surface area (Å²) in [6.07, 6.45) is 5.64. The van der Waals surface area contributed by atoms with E-state index in [2.05, 4.69) is 21.7 Å². The molecule has 186 valence electrons. The minimum absolute atomic E-state index is 0.0205. The number of halogens is 1. The predicted octanol–water partition coefficient (Wildman–Crippen LogP) is 1.56. The van der Waals surface area contributed by atoms with Gasteiger partial charge in [-0.25, -0.2) is 9.87 Å². The lowest BCUT2D eigenvalue weighted by atomic mass is 9.93. The van der Waals surface area contributed by atoms with Crippen LogP contribution in [0.15, 0.2) is 59.5 Å². The number of carbonyl (C=O) groups excluding carboxylic acids is 2. The van der Waals surface area contributed by atoms with Gasteiger partial charge in [-0.2, -0.15) is 0 Å². The Morgan fingerprint density at radius 1 is 1.11 bits per heavy atom. The normalized spacial score (nSPS) is 25.5. The monoisotopic (exact) mass is 481 g/mol. The molecule has 35 heavy (non-hydrogen) atoms. The van der Waals surface area contributed by atoms with Crippen molar-refractivity contribution < 1.29 is 19.2 Å². The summed E-state index contributed by atoms with van der Waals surface area (Å²) in [4.78, 5) is 34.2. The van der Waals surface area contributed by atoms with Crippen molar-refractivity contribution in [3.63, 3.8) is 0 Å². The van der Waals surface area contributed by atoms with Crippen molar-refractivity contribution in [1.82, 2.24) is 25.1 Å². The molecule has 3 aliphatic heterocycles. The number of likely N-dealkylation sites (tertiary alicyclic amines) is 1. The van der Waals surface area contributed by atoms with Gasteiger partial charge in [0.05, 0.1) is 6.04 Å². The summed E-state index contributed by atoms with van der Waals surface area (Å²) in [5, 5.41) is 8.84. The van der Waals surface area contributed by atoms with E-state index in [-0.39, 0.29) is 23.8 Å². The van der Waals surface area contributed by atoms with Gasteiger partial charge in [0.25, 0.3) is 11.8 Å². The van der Waals surface area contributed by atoms with E-state index >= 15 is 0 Å². The molecule has 3 heterocycles. The second-order valence-corrected chi connectivity index (χ2v) is 9.75. The number of likely N-dealkylation sites (N-methyl/N-ethyl adjacent to an activating group) is 1. The second-order valence-electron chi connectivity index (χ2n) is 9.75. The van der Waals surface area contributed by atoms with Gasteiger partial charge in [-0.15, -0.1) is 0 Å². The molecule has 0 bridgehead atoms. The fourth-order valence-electron chi connectivity index (χ4n) is 5.57. The number of piperazine rings is 1. The third-order valence-electron chi connectivity index (χ3n) is 7.61. The lowest BCUT2D eigenvalue weighted by molar-refractivity contribution is -0.130. The lowest BCUT2D eigenvalue weighted by Crippen LogP contribution is -2.51. The predicted molar refractivity (Wildman–Crippen MR) is 129 cm³/mol. The molecule has 0 saturated carbocycles. The standard InChI is InChI=1S/C26H32FN5O3/c1-29-10-12-30(13-11-29)14-15-31-9-8-23-24(26(31)34)21-16-20(27)6-7-22(21)32(23)17-18-2-4-19(5-3-18)25(33)28-35/h2-7,16,22-23,35H,8-15,17H2,1H3,(H,28,33). The average Bonchev–Trinajstić information content (AvgIpc) is 3.17. The Kier molecular flexibility index (Phi) is 6.84. The fraction of sp³-hybridized carbons (Fsp3) is 0.462. The largest absolute Gasteiger partial charge is 0.338 e. The van der Waals surface area contributed by atoms with E-state index in [0.29, 0.717) is 25.2 Å². The van der Waals surface area contributed by atoms with Crippen molar-refractivity contribution >= 4 is 11.8 Å². The molecule has 2 atom stereocenters. The Morgan fingerprint density at radius 2 is 1.86 bits per heavy atom. The first kappa shape index (κ1) is 23.9. The number of hydrogen-bond donors (Lipinski definition) is 2. The SMILES string of the molecule is CN1CCN(CCN2CCC3C(=C4C=C(F)C=CC4N3Cc3ccc(C(=O)NO)cc3)C2=O)CC1. The highest BCUT2D eigenvalue weighted by molar-refractivity contribution is 5.98. The van der Waals surface area contributed by atoms with E-state index in [0.717, 1.165) is 55.9 Å². The maximum Gasteiger partial charge on any atom is 0.274 e. The molecular weight excluding hydrogens is 449 g/mol. The minimum Gasteiger partial charge on any atom is -0.338 e. The summed E-state index contributed by atoms with van der Waals surface area (Å²) in [6, 6.07) is 6.78. The van der Waals surface area contributed by atoms with Gasteiger partial charge >= 0.3 is 0 Å². The van der Waals surface area contributed by atoms with Crippen molar-refractivity contribution in [2.24, 2.45) is 0 Å². The van der Waals surface area contributed by atoms with Crippen LogP contribution in [0.2, 0.25) is 0 Å². The molecule has 8 nitrogen and oxygen atoms in total. The quantitative estimate of drug-likeness (QED) is 0.474. The highest BCUT2D eigenvalue weighted by atomic mass is 19.1.